The summed E-state index contributed by atoms with van der Waals surface area (Å²) < 4.78 is 1.02. The highest BCUT2D eigenvalue weighted by Gasteiger charge is 2.17. The molecule has 0 saturated heterocycles. The highest BCUT2D eigenvalue weighted by atomic mass is 79.9. The standard InChI is InChI=1S/C13H19BrN2O/c1-3-10(8-15)13(17)16-9(2)11-5-4-6-12(14)7-11/h4-7,9-10H,3,8,15H2,1-2H3,(H,16,17). The molecule has 0 spiro atoms. The minimum absolute atomic E-state index is 0.000556. The molecule has 3 N–H and O–H groups in total. The Balaban J connectivity index is 2.66. The summed E-state index contributed by atoms with van der Waals surface area (Å²) in [5.74, 6) is -0.0629. The Kier molecular flexibility index (Phi) is 5.65. The van der Waals surface area contributed by atoms with E-state index in [1.807, 2.05) is 38.1 Å². The molecule has 1 aromatic rings. The Morgan fingerprint density at radius 2 is 2.24 bits per heavy atom. The third kappa shape index (κ3) is 4.13. The highest BCUT2D eigenvalue weighted by Crippen LogP contribution is 2.18. The predicted octanol–water partition coefficient (Wildman–Crippen LogP) is 2.61. The molecule has 0 aliphatic heterocycles. The number of nitrogens with two attached hydrogens (primary N) is 1. The second-order valence-electron chi connectivity index (χ2n) is 4.13. The van der Waals surface area contributed by atoms with Gasteiger partial charge in [0.15, 0.2) is 0 Å². The van der Waals surface area contributed by atoms with Crippen LogP contribution in [-0.4, -0.2) is 12.5 Å². The summed E-state index contributed by atoms with van der Waals surface area (Å²) in [4.78, 5) is 11.9. The quantitative estimate of drug-likeness (QED) is 0.878. The zero-order chi connectivity index (χ0) is 12.8. The van der Waals surface area contributed by atoms with Gasteiger partial charge in [-0.05, 0) is 31.0 Å². The number of hydrogen-bond donors (Lipinski definition) is 2. The normalized spacial score (nSPS) is 14.1. The fourth-order valence-electron chi connectivity index (χ4n) is 1.65. The fraction of sp³-hybridized carbons (Fsp3) is 0.462. The first-order valence-corrected chi connectivity index (χ1v) is 6.63. The van der Waals surface area contributed by atoms with Crippen LogP contribution in [0.15, 0.2) is 28.7 Å². The lowest BCUT2D eigenvalue weighted by Crippen LogP contribution is -2.36. The molecule has 2 atom stereocenters. The van der Waals surface area contributed by atoms with Crippen molar-refractivity contribution in [2.75, 3.05) is 6.54 Å². The Labute approximate surface area is 111 Å². The van der Waals surface area contributed by atoms with E-state index in [9.17, 15) is 4.79 Å². The molecular formula is C13H19BrN2O. The van der Waals surface area contributed by atoms with E-state index in [1.165, 1.54) is 0 Å². The number of halogens is 1. The van der Waals surface area contributed by atoms with Crippen molar-refractivity contribution in [2.45, 2.75) is 26.3 Å². The number of carbonyl (C=O) groups is 1. The first kappa shape index (κ1) is 14.2. The molecule has 0 fully saturated rings. The van der Waals surface area contributed by atoms with Crippen molar-refractivity contribution in [3.05, 3.63) is 34.3 Å². The monoisotopic (exact) mass is 298 g/mol. The van der Waals surface area contributed by atoms with E-state index >= 15 is 0 Å². The van der Waals surface area contributed by atoms with E-state index in [4.69, 9.17) is 5.73 Å². The van der Waals surface area contributed by atoms with Gasteiger partial charge in [-0.1, -0.05) is 35.0 Å². The third-order valence-electron chi connectivity index (χ3n) is 2.86. The van der Waals surface area contributed by atoms with Crippen LogP contribution in [0.2, 0.25) is 0 Å². The van der Waals surface area contributed by atoms with E-state index in [0.717, 1.165) is 16.5 Å². The second-order valence-corrected chi connectivity index (χ2v) is 5.04. The molecule has 4 heteroatoms. The SMILES string of the molecule is CCC(CN)C(=O)NC(C)c1cccc(Br)c1. The van der Waals surface area contributed by atoms with E-state index in [-0.39, 0.29) is 17.9 Å². The van der Waals surface area contributed by atoms with Gasteiger partial charge in [-0.25, -0.2) is 0 Å². The summed E-state index contributed by atoms with van der Waals surface area (Å²) in [7, 11) is 0. The maximum Gasteiger partial charge on any atom is 0.224 e. The average molecular weight is 299 g/mol. The second kappa shape index (κ2) is 6.77. The first-order valence-electron chi connectivity index (χ1n) is 5.84. The van der Waals surface area contributed by atoms with Crippen molar-refractivity contribution < 1.29 is 4.79 Å². The van der Waals surface area contributed by atoms with Gasteiger partial charge < -0.3 is 11.1 Å². The summed E-state index contributed by atoms with van der Waals surface area (Å²) in [5.41, 5.74) is 6.64. The molecule has 0 aliphatic carbocycles. The average Bonchev–Trinajstić information content (AvgIpc) is 2.30. The van der Waals surface area contributed by atoms with Gasteiger partial charge in [0.1, 0.15) is 0 Å². The molecule has 1 rings (SSSR count). The molecule has 0 bridgehead atoms. The Morgan fingerprint density at radius 1 is 1.53 bits per heavy atom. The van der Waals surface area contributed by atoms with E-state index in [1.54, 1.807) is 0 Å². The van der Waals surface area contributed by atoms with Crippen LogP contribution in [0, 0.1) is 5.92 Å². The minimum atomic E-state index is -0.0930. The van der Waals surface area contributed by atoms with Crippen molar-refractivity contribution in [1.29, 1.82) is 0 Å². The van der Waals surface area contributed by atoms with Crippen LogP contribution < -0.4 is 11.1 Å². The molecule has 3 nitrogen and oxygen atoms in total. The summed E-state index contributed by atoms with van der Waals surface area (Å²) in [5, 5.41) is 2.99. The van der Waals surface area contributed by atoms with Crippen LogP contribution in [-0.2, 0) is 4.79 Å². The van der Waals surface area contributed by atoms with Crippen LogP contribution in [0.25, 0.3) is 0 Å². The van der Waals surface area contributed by atoms with Crippen molar-refractivity contribution in [1.82, 2.24) is 5.32 Å². The van der Waals surface area contributed by atoms with Crippen molar-refractivity contribution in [3.63, 3.8) is 0 Å². The number of benzene rings is 1. The van der Waals surface area contributed by atoms with Gasteiger partial charge >= 0.3 is 0 Å². The molecule has 0 radical (unpaired) electrons. The first-order chi connectivity index (χ1) is 8.08. The summed E-state index contributed by atoms with van der Waals surface area (Å²) in [6.45, 7) is 4.34. The van der Waals surface area contributed by atoms with Crippen molar-refractivity contribution >= 4 is 21.8 Å². The number of nitrogens with one attached hydrogen (secondary N) is 1. The Morgan fingerprint density at radius 3 is 2.76 bits per heavy atom. The minimum Gasteiger partial charge on any atom is -0.349 e. The third-order valence-corrected chi connectivity index (χ3v) is 3.35. The molecule has 1 amide bonds. The maximum absolute atomic E-state index is 11.9. The Bertz CT molecular complexity index is 377. The van der Waals surface area contributed by atoms with Crippen molar-refractivity contribution in [2.24, 2.45) is 11.7 Å². The van der Waals surface area contributed by atoms with E-state index in [0.29, 0.717) is 6.54 Å². The molecule has 0 aromatic heterocycles. The predicted molar refractivity (Wildman–Crippen MR) is 73.5 cm³/mol. The van der Waals surface area contributed by atoms with Crippen LogP contribution >= 0.6 is 15.9 Å². The largest absolute Gasteiger partial charge is 0.349 e. The lowest BCUT2D eigenvalue weighted by Gasteiger charge is -2.18. The maximum atomic E-state index is 11.9. The van der Waals surface area contributed by atoms with Crippen LogP contribution in [0.3, 0.4) is 0 Å². The van der Waals surface area contributed by atoms with Gasteiger partial charge in [-0.15, -0.1) is 0 Å². The zero-order valence-electron chi connectivity index (χ0n) is 10.2. The molecule has 94 valence electrons. The van der Waals surface area contributed by atoms with Gasteiger partial charge in [-0.2, -0.15) is 0 Å². The molecule has 17 heavy (non-hydrogen) atoms. The lowest BCUT2D eigenvalue weighted by molar-refractivity contribution is -0.125. The molecule has 0 saturated carbocycles. The van der Waals surface area contributed by atoms with E-state index in [2.05, 4.69) is 21.2 Å². The molecule has 2 unspecified atom stereocenters. The number of amides is 1. The van der Waals surface area contributed by atoms with Crippen LogP contribution in [0.5, 0.6) is 0 Å². The smallest absolute Gasteiger partial charge is 0.224 e. The van der Waals surface area contributed by atoms with Gasteiger partial charge in [0, 0.05) is 16.9 Å². The number of rotatable bonds is 5. The van der Waals surface area contributed by atoms with Gasteiger partial charge in [0.25, 0.3) is 0 Å². The van der Waals surface area contributed by atoms with Crippen LogP contribution in [0.1, 0.15) is 31.9 Å². The zero-order valence-corrected chi connectivity index (χ0v) is 11.8. The molecule has 0 aliphatic rings. The van der Waals surface area contributed by atoms with Gasteiger partial charge in [-0.3, -0.25) is 4.79 Å². The summed E-state index contributed by atoms with van der Waals surface area (Å²) >= 11 is 3.42. The van der Waals surface area contributed by atoms with Crippen molar-refractivity contribution in [3.8, 4) is 0 Å². The number of hydrogen-bond acceptors (Lipinski definition) is 2. The lowest BCUT2D eigenvalue weighted by atomic mass is 10.0. The molecule has 0 heterocycles. The highest BCUT2D eigenvalue weighted by molar-refractivity contribution is 9.10. The number of carbonyl (C=O) groups excluding carboxylic acids is 1. The summed E-state index contributed by atoms with van der Waals surface area (Å²) in [6.07, 6.45) is 0.771. The molecular weight excluding hydrogens is 280 g/mol. The fourth-order valence-corrected chi connectivity index (χ4v) is 2.07. The van der Waals surface area contributed by atoms with Gasteiger partial charge in [0.2, 0.25) is 5.91 Å². The topological polar surface area (TPSA) is 55.1 Å². The molecule has 1 aromatic carbocycles. The van der Waals surface area contributed by atoms with Crippen LogP contribution in [0.4, 0.5) is 0 Å². The Hall–Kier alpha value is -0.870. The van der Waals surface area contributed by atoms with Gasteiger partial charge in [0.05, 0.1) is 6.04 Å². The van der Waals surface area contributed by atoms with E-state index < -0.39 is 0 Å². The summed E-state index contributed by atoms with van der Waals surface area (Å²) in [6, 6.07) is 7.93.